The van der Waals surface area contributed by atoms with E-state index in [-0.39, 0.29) is 40.5 Å². The molecule has 3 aromatic rings. The molecule has 2 aliphatic rings. The monoisotopic (exact) mass is 540 g/mol. The predicted molar refractivity (Wildman–Crippen MR) is 131 cm³/mol. The summed E-state index contributed by atoms with van der Waals surface area (Å²) in [5.74, 6) is -3.83. The summed E-state index contributed by atoms with van der Waals surface area (Å²) in [5.41, 5.74) is -1.83. The SMILES string of the molecule is O=C(CN=C1CN=C(c2c(F)cccc2F)c2cc(C(F)(F)F)ccc2N1)CN1C(=O)c2ccccc2C1=O. The quantitative estimate of drug-likeness (QED) is 0.381. The van der Waals surface area contributed by atoms with E-state index < -0.39 is 59.6 Å². The highest BCUT2D eigenvalue weighted by atomic mass is 19.4. The van der Waals surface area contributed by atoms with Gasteiger partial charge in [-0.15, -0.1) is 0 Å². The fraction of sp³-hybridized carbons (Fsp3) is 0.148. The van der Waals surface area contributed by atoms with Crippen molar-refractivity contribution < 1.29 is 36.3 Å². The maximum atomic E-state index is 14.6. The van der Waals surface area contributed by atoms with E-state index >= 15 is 0 Å². The van der Waals surface area contributed by atoms with Crippen LogP contribution in [0.4, 0.5) is 27.6 Å². The zero-order valence-electron chi connectivity index (χ0n) is 19.9. The summed E-state index contributed by atoms with van der Waals surface area (Å²) in [4.78, 5) is 46.7. The molecule has 1 N–H and O–H groups in total. The number of aliphatic imine (C=N–C) groups is 2. The molecule has 0 bridgehead atoms. The number of imide groups is 1. The number of hydrogen-bond acceptors (Lipinski definition) is 5. The van der Waals surface area contributed by atoms with E-state index in [2.05, 4.69) is 15.3 Å². The van der Waals surface area contributed by atoms with Crippen molar-refractivity contribution in [2.75, 3.05) is 25.0 Å². The van der Waals surface area contributed by atoms with E-state index in [1.165, 1.54) is 12.1 Å². The number of nitrogens with zero attached hydrogens (tertiary/aromatic N) is 3. The number of carbonyl (C=O) groups is 3. The van der Waals surface area contributed by atoms with Gasteiger partial charge in [-0.1, -0.05) is 18.2 Å². The summed E-state index contributed by atoms with van der Waals surface area (Å²) < 4.78 is 69.5. The third-order valence-corrected chi connectivity index (χ3v) is 6.13. The second kappa shape index (κ2) is 9.86. The Hall–Kier alpha value is -4.74. The number of halogens is 5. The number of ketones is 1. The van der Waals surface area contributed by atoms with Crippen LogP contribution in [0.1, 0.15) is 37.4 Å². The molecular formula is C27H17F5N4O3. The Balaban J connectivity index is 1.42. The van der Waals surface area contributed by atoms with Crippen molar-refractivity contribution in [3.8, 4) is 0 Å². The molecule has 0 fully saturated rings. The highest BCUT2D eigenvalue weighted by Gasteiger charge is 2.36. The highest BCUT2D eigenvalue weighted by Crippen LogP contribution is 2.34. The lowest BCUT2D eigenvalue weighted by molar-refractivity contribution is -0.137. The van der Waals surface area contributed by atoms with Crippen LogP contribution in [0, 0.1) is 11.6 Å². The Morgan fingerprint density at radius 1 is 0.923 bits per heavy atom. The first-order chi connectivity index (χ1) is 18.5. The molecule has 2 heterocycles. The Kier molecular flexibility index (Phi) is 6.54. The standard InChI is InChI=1S/C27H17F5N4O3/c28-19-6-3-7-20(29)23(19)24-18-10-14(27(30,31)32)8-9-21(18)35-22(12-34-24)33-11-15(37)13-36-25(38)16-4-1-2-5-17(16)26(36)39/h1-10H,11-13H2,(H,33,35). The number of anilines is 1. The van der Waals surface area contributed by atoms with E-state index in [9.17, 15) is 36.3 Å². The molecule has 7 nitrogen and oxygen atoms in total. The number of Topliss-reactive ketones (excluding diaryl/α,β-unsaturated/α-hetero) is 1. The van der Waals surface area contributed by atoms with Crippen LogP contribution in [0.25, 0.3) is 0 Å². The summed E-state index contributed by atoms with van der Waals surface area (Å²) in [6.07, 6.45) is -4.73. The fourth-order valence-electron chi connectivity index (χ4n) is 4.28. The summed E-state index contributed by atoms with van der Waals surface area (Å²) in [5, 5.41) is 2.78. The molecule has 0 aromatic heterocycles. The maximum absolute atomic E-state index is 14.6. The molecule has 3 aromatic carbocycles. The van der Waals surface area contributed by atoms with Gasteiger partial charge in [-0.25, -0.2) is 8.78 Å². The Morgan fingerprint density at radius 2 is 1.56 bits per heavy atom. The van der Waals surface area contributed by atoms with E-state index in [0.29, 0.717) is 0 Å². The van der Waals surface area contributed by atoms with Crippen LogP contribution < -0.4 is 5.32 Å². The molecule has 5 rings (SSSR count). The van der Waals surface area contributed by atoms with Crippen LogP contribution >= 0.6 is 0 Å². The molecule has 198 valence electrons. The number of alkyl halides is 3. The Morgan fingerprint density at radius 3 is 2.18 bits per heavy atom. The van der Waals surface area contributed by atoms with Gasteiger partial charge >= 0.3 is 6.18 Å². The van der Waals surface area contributed by atoms with Crippen molar-refractivity contribution in [2.45, 2.75) is 6.18 Å². The number of amides is 2. The van der Waals surface area contributed by atoms with Gasteiger partial charge < -0.3 is 5.32 Å². The van der Waals surface area contributed by atoms with E-state index in [4.69, 9.17) is 0 Å². The molecule has 2 aliphatic heterocycles. The van der Waals surface area contributed by atoms with Crippen LogP contribution in [0.3, 0.4) is 0 Å². The van der Waals surface area contributed by atoms with Crippen LogP contribution in [0.2, 0.25) is 0 Å². The van der Waals surface area contributed by atoms with Crippen LogP contribution in [-0.2, 0) is 11.0 Å². The molecular weight excluding hydrogens is 523 g/mol. The lowest BCUT2D eigenvalue weighted by Crippen LogP contribution is -2.36. The normalized spacial score (nSPS) is 16.0. The van der Waals surface area contributed by atoms with Crippen molar-refractivity contribution in [2.24, 2.45) is 9.98 Å². The largest absolute Gasteiger partial charge is 0.416 e. The predicted octanol–water partition coefficient (Wildman–Crippen LogP) is 4.51. The van der Waals surface area contributed by atoms with Gasteiger partial charge in [0.1, 0.15) is 24.0 Å². The zero-order chi connectivity index (χ0) is 27.9. The minimum atomic E-state index is -4.73. The van der Waals surface area contributed by atoms with Gasteiger partial charge in [0.15, 0.2) is 5.78 Å². The molecule has 0 saturated carbocycles. The topological polar surface area (TPSA) is 91.2 Å². The first kappa shape index (κ1) is 25.9. The van der Waals surface area contributed by atoms with Crippen molar-refractivity contribution in [1.82, 2.24) is 4.90 Å². The van der Waals surface area contributed by atoms with Gasteiger partial charge in [0, 0.05) is 11.3 Å². The summed E-state index contributed by atoms with van der Waals surface area (Å²) in [7, 11) is 0. The minimum absolute atomic E-state index is 0.0264. The molecule has 0 aliphatic carbocycles. The number of carbonyl (C=O) groups excluding carboxylic acids is 3. The lowest BCUT2D eigenvalue weighted by atomic mass is 9.97. The average molecular weight is 540 g/mol. The van der Waals surface area contributed by atoms with E-state index in [0.717, 1.165) is 41.3 Å². The van der Waals surface area contributed by atoms with Crippen molar-refractivity contribution in [3.63, 3.8) is 0 Å². The summed E-state index contributed by atoms with van der Waals surface area (Å²) in [6.45, 7) is -1.38. The third kappa shape index (κ3) is 4.92. The molecule has 0 radical (unpaired) electrons. The third-order valence-electron chi connectivity index (χ3n) is 6.13. The number of fused-ring (bicyclic) bond motifs is 2. The zero-order valence-corrected chi connectivity index (χ0v) is 19.9. The summed E-state index contributed by atoms with van der Waals surface area (Å²) >= 11 is 0. The fourth-order valence-corrected chi connectivity index (χ4v) is 4.28. The van der Waals surface area contributed by atoms with Crippen LogP contribution in [-0.4, -0.2) is 53.7 Å². The van der Waals surface area contributed by atoms with E-state index in [1.54, 1.807) is 12.1 Å². The van der Waals surface area contributed by atoms with Crippen LogP contribution in [0.5, 0.6) is 0 Å². The maximum Gasteiger partial charge on any atom is 0.416 e. The van der Waals surface area contributed by atoms with Gasteiger partial charge in [0.05, 0.1) is 41.1 Å². The Labute approximate surface area is 217 Å². The number of benzene rings is 3. The smallest absolute Gasteiger partial charge is 0.342 e. The van der Waals surface area contributed by atoms with Crippen molar-refractivity contribution >= 4 is 34.8 Å². The van der Waals surface area contributed by atoms with Gasteiger partial charge in [0.2, 0.25) is 0 Å². The molecule has 0 atom stereocenters. The molecule has 0 saturated heterocycles. The second-order valence-electron chi connectivity index (χ2n) is 8.69. The highest BCUT2D eigenvalue weighted by molar-refractivity contribution is 6.23. The first-order valence-corrected chi connectivity index (χ1v) is 11.5. The van der Waals surface area contributed by atoms with Crippen molar-refractivity contribution in [1.29, 1.82) is 0 Å². The summed E-state index contributed by atoms with van der Waals surface area (Å²) in [6, 6.07) is 11.8. The molecule has 0 spiro atoms. The molecule has 2 amide bonds. The van der Waals surface area contributed by atoms with Gasteiger partial charge in [-0.3, -0.25) is 29.3 Å². The number of rotatable bonds is 5. The van der Waals surface area contributed by atoms with Crippen molar-refractivity contribution in [3.05, 3.63) is 100 Å². The first-order valence-electron chi connectivity index (χ1n) is 11.5. The molecule has 0 unspecified atom stereocenters. The number of amidine groups is 1. The minimum Gasteiger partial charge on any atom is -0.342 e. The van der Waals surface area contributed by atoms with E-state index in [1.807, 2.05) is 0 Å². The molecule has 12 heteroatoms. The lowest BCUT2D eigenvalue weighted by Gasteiger charge is -2.15. The van der Waals surface area contributed by atoms with Gasteiger partial charge in [-0.2, -0.15) is 13.2 Å². The number of nitrogens with one attached hydrogen (secondary N) is 1. The number of benzodiazepines with no additional fused rings is 1. The van der Waals surface area contributed by atoms with Crippen LogP contribution in [0.15, 0.2) is 70.6 Å². The average Bonchev–Trinajstić information content (AvgIpc) is 3.02. The Bertz CT molecular complexity index is 1540. The second-order valence-corrected chi connectivity index (χ2v) is 8.69. The number of hydrogen-bond donors (Lipinski definition) is 1. The van der Waals surface area contributed by atoms with Gasteiger partial charge in [-0.05, 0) is 42.5 Å². The molecule has 39 heavy (non-hydrogen) atoms. The van der Waals surface area contributed by atoms with Gasteiger partial charge in [0.25, 0.3) is 11.8 Å².